The molecule has 1 aliphatic carbocycles. The number of benzene rings is 2. The molecule has 0 saturated heterocycles. The zero-order chi connectivity index (χ0) is 14.8. The molecule has 0 aromatic heterocycles. The highest BCUT2D eigenvalue weighted by atomic mass is 16.7. The first kappa shape index (κ1) is 13.5. The van der Waals surface area contributed by atoms with Crippen LogP contribution in [0, 0.1) is 0 Å². The van der Waals surface area contributed by atoms with Gasteiger partial charge in [-0.3, -0.25) is 9.59 Å². The largest absolute Gasteiger partial charge is 0.371 e. The SMILES string of the molecule is CC(=O)ONCC(=O)c1cccc2c1Cc1ccccc1-2. The highest BCUT2D eigenvalue weighted by molar-refractivity contribution is 6.01. The Morgan fingerprint density at radius 1 is 1.10 bits per heavy atom. The van der Waals surface area contributed by atoms with Crippen molar-refractivity contribution in [2.75, 3.05) is 6.54 Å². The average Bonchev–Trinajstić information content (AvgIpc) is 2.85. The van der Waals surface area contributed by atoms with E-state index >= 15 is 0 Å². The second-order valence-corrected chi connectivity index (χ2v) is 5.00. The van der Waals surface area contributed by atoms with E-state index in [-0.39, 0.29) is 12.3 Å². The summed E-state index contributed by atoms with van der Waals surface area (Å²) in [7, 11) is 0. The Kier molecular flexibility index (Phi) is 3.54. The maximum absolute atomic E-state index is 12.3. The molecule has 0 aliphatic heterocycles. The number of hydroxylamine groups is 1. The van der Waals surface area contributed by atoms with E-state index in [1.807, 2.05) is 30.3 Å². The number of carbonyl (C=O) groups is 2. The van der Waals surface area contributed by atoms with Crippen LogP contribution in [0.1, 0.15) is 28.4 Å². The minimum absolute atomic E-state index is 0.0214. The molecule has 4 heteroatoms. The first-order valence-corrected chi connectivity index (χ1v) is 6.80. The van der Waals surface area contributed by atoms with Gasteiger partial charge < -0.3 is 4.84 Å². The summed E-state index contributed by atoms with van der Waals surface area (Å²) in [6, 6.07) is 13.9. The number of nitrogens with one attached hydrogen (secondary N) is 1. The molecule has 106 valence electrons. The topological polar surface area (TPSA) is 55.4 Å². The summed E-state index contributed by atoms with van der Waals surface area (Å²) in [5, 5.41) is 0. The fourth-order valence-corrected chi connectivity index (χ4v) is 2.72. The average molecular weight is 281 g/mol. The Hall–Kier alpha value is -2.46. The molecule has 21 heavy (non-hydrogen) atoms. The van der Waals surface area contributed by atoms with Crippen molar-refractivity contribution in [3.8, 4) is 11.1 Å². The van der Waals surface area contributed by atoms with Gasteiger partial charge in [-0.15, -0.1) is 5.48 Å². The summed E-state index contributed by atoms with van der Waals surface area (Å²) in [5.74, 6) is -0.547. The molecule has 0 radical (unpaired) electrons. The number of hydrogen-bond donors (Lipinski definition) is 1. The van der Waals surface area contributed by atoms with Gasteiger partial charge in [0.15, 0.2) is 5.78 Å². The summed E-state index contributed by atoms with van der Waals surface area (Å²) in [5.41, 5.74) is 7.67. The normalized spacial score (nSPS) is 11.7. The van der Waals surface area contributed by atoms with Crippen LogP contribution >= 0.6 is 0 Å². The van der Waals surface area contributed by atoms with Crippen LogP contribution in [0.5, 0.6) is 0 Å². The molecular formula is C17H15NO3. The van der Waals surface area contributed by atoms with Crippen molar-refractivity contribution < 1.29 is 14.4 Å². The second kappa shape index (κ2) is 5.50. The lowest BCUT2D eigenvalue weighted by Gasteiger charge is -2.08. The highest BCUT2D eigenvalue weighted by Gasteiger charge is 2.23. The van der Waals surface area contributed by atoms with Gasteiger partial charge in [-0.1, -0.05) is 42.5 Å². The van der Waals surface area contributed by atoms with Crippen molar-refractivity contribution in [3.05, 3.63) is 59.2 Å². The number of hydrogen-bond acceptors (Lipinski definition) is 4. The van der Waals surface area contributed by atoms with Crippen molar-refractivity contribution in [1.82, 2.24) is 5.48 Å². The number of carbonyl (C=O) groups excluding carboxylic acids is 2. The van der Waals surface area contributed by atoms with E-state index in [2.05, 4.69) is 22.5 Å². The van der Waals surface area contributed by atoms with E-state index in [0.717, 1.165) is 17.5 Å². The molecule has 4 nitrogen and oxygen atoms in total. The molecule has 2 aromatic rings. The summed E-state index contributed by atoms with van der Waals surface area (Å²) in [4.78, 5) is 27.6. The van der Waals surface area contributed by atoms with Gasteiger partial charge in [0, 0.05) is 12.5 Å². The fourth-order valence-electron chi connectivity index (χ4n) is 2.72. The Labute approximate surface area is 122 Å². The second-order valence-electron chi connectivity index (χ2n) is 5.00. The van der Waals surface area contributed by atoms with Gasteiger partial charge in [-0.25, -0.2) is 0 Å². The molecule has 0 amide bonds. The van der Waals surface area contributed by atoms with Crippen LogP contribution < -0.4 is 5.48 Å². The van der Waals surface area contributed by atoms with Crippen molar-refractivity contribution in [3.63, 3.8) is 0 Å². The predicted octanol–water partition coefficient (Wildman–Crippen LogP) is 2.51. The Morgan fingerprint density at radius 3 is 2.67 bits per heavy atom. The lowest BCUT2D eigenvalue weighted by atomic mass is 9.98. The van der Waals surface area contributed by atoms with E-state index in [1.54, 1.807) is 0 Å². The molecule has 1 N–H and O–H groups in total. The van der Waals surface area contributed by atoms with Gasteiger partial charge in [0.2, 0.25) is 0 Å². The molecule has 0 saturated carbocycles. The van der Waals surface area contributed by atoms with Gasteiger partial charge in [0.1, 0.15) is 0 Å². The molecule has 0 atom stereocenters. The third-order valence-electron chi connectivity index (χ3n) is 3.60. The summed E-state index contributed by atoms with van der Waals surface area (Å²) in [6.07, 6.45) is 0.765. The molecule has 2 aromatic carbocycles. The summed E-state index contributed by atoms with van der Waals surface area (Å²) >= 11 is 0. The van der Waals surface area contributed by atoms with Crippen molar-refractivity contribution in [2.24, 2.45) is 0 Å². The van der Waals surface area contributed by atoms with Crippen LogP contribution in [0.4, 0.5) is 0 Å². The Morgan fingerprint density at radius 2 is 1.86 bits per heavy atom. The van der Waals surface area contributed by atoms with E-state index in [0.29, 0.717) is 5.56 Å². The van der Waals surface area contributed by atoms with E-state index in [9.17, 15) is 9.59 Å². The Balaban J connectivity index is 1.86. The lowest BCUT2D eigenvalue weighted by Crippen LogP contribution is -2.25. The van der Waals surface area contributed by atoms with Crippen LogP contribution in [-0.2, 0) is 16.1 Å². The zero-order valence-electron chi connectivity index (χ0n) is 11.7. The molecule has 3 rings (SSSR count). The lowest BCUT2D eigenvalue weighted by molar-refractivity contribution is -0.147. The van der Waals surface area contributed by atoms with Crippen molar-refractivity contribution >= 4 is 11.8 Å². The third kappa shape index (κ3) is 2.58. The quantitative estimate of drug-likeness (QED) is 0.589. The molecule has 0 fully saturated rings. The number of rotatable bonds is 4. The molecule has 1 aliphatic rings. The van der Waals surface area contributed by atoms with Crippen LogP contribution in [0.3, 0.4) is 0 Å². The zero-order valence-corrected chi connectivity index (χ0v) is 11.7. The van der Waals surface area contributed by atoms with Crippen molar-refractivity contribution in [1.29, 1.82) is 0 Å². The number of fused-ring (bicyclic) bond motifs is 3. The van der Waals surface area contributed by atoms with Gasteiger partial charge >= 0.3 is 5.97 Å². The monoisotopic (exact) mass is 281 g/mol. The third-order valence-corrected chi connectivity index (χ3v) is 3.60. The predicted molar refractivity (Wildman–Crippen MR) is 78.8 cm³/mol. The smallest absolute Gasteiger partial charge is 0.321 e. The van der Waals surface area contributed by atoms with Crippen LogP contribution in [0.25, 0.3) is 11.1 Å². The van der Waals surface area contributed by atoms with Gasteiger partial charge in [0.05, 0.1) is 6.54 Å². The minimum Gasteiger partial charge on any atom is -0.371 e. The number of ketones is 1. The molecule has 0 spiro atoms. The first-order valence-electron chi connectivity index (χ1n) is 6.80. The summed E-state index contributed by atoms with van der Waals surface area (Å²) < 4.78 is 0. The van der Waals surface area contributed by atoms with Crippen LogP contribution in [0.2, 0.25) is 0 Å². The standard InChI is InChI=1S/C17H15NO3/c1-11(19)21-18-10-17(20)15-8-4-7-14-13-6-3-2-5-12(13)9-16(14)15/h2-8,18H,9-10H2,1H3. The molecule has 0 unspecified atom stereocenters. The maximum Gasteiger partial charge on any atom is 0.321 e. The van der Waals surface area contributed by atoms with E-state index < -0.39 is 5.97 Å². The van der Waals surface area contributed by atoms with Gasteiger partial charge in [-0.05, 0) is 28.7 Å². The van der Waals surface area contributed by atoms with E-state index in [1.165, 1.54) is 18.1 Å². The molecule has 0 bridgehead atoms. The van der Waals surface area contributed by atoms with Gasteiger partial charge in [-0.2, -0.15) is 0 Å². The van der Waals surface area contributed by atoms with Crippen LogP contribution in [0.15, 0.2) is 42.5 Å². The Bertz CT molecular complexity index is 722. The van der Waals surface area contributed by atoms with Gasteiger partial charge in [0.25, 0.3) is 0 Å². The van der Waals surface area contributed by atoms with Crippen molar-refractivity contribution in [2.45, 2.75) is 13.3 Å². The first-order chi connectivity index (χ1) is 10.2. The maximum atomic E-state index is 12.3. The fraction of sp³-hybridized carbons (Fsp3) is 0.176. The molecule has 0 heterocycles. The van der Waals surface area contributed by atoms with E-state index in [4.69, 9.17) is 0 Å². The summed E-state index contributed by atoms with van der Waals surface area (Å²) in [6.45, 7) is 1.26. The molecular weight excluding hydrogens is 266 g/mol. The van der Waals surface area contributed by atoms with Crippen LogP contribution in [-0.4, -0.2) is 18.3 Å². The highest BCUT2D eigenvalue weighted by Crippen LogP contribution is 2.38. The minimum atomic E-state index is -0.464. The number of Topliss-reactive ketones (excluding diaryl/α,β-unsaturated/α-hetero) is 1.